The van der Waals surface area contributed by atoms with Crippen LogP contribution in [0.1, 0.15) is 19.3 Å². The van der Waals surface area contributed by atoms with Crippen LogP contribution in [0.4, 0.5) is 5.69 Å². The normalized spacial score (nSPS) is 19.6. The number of anilines is 1. The van der Waals surface area contributed by atoms with Gasteiger partial charge in [-0.1, -0.05) is 22.0 Å². The lowest BCUT2D eigenvalue weighted by atomic mass is 10.1. The van der Waals surface area contributed by atoms with Gasteiger partial charge in [-0.15, -0.1) is 0 Å². The second-order valence-corrected chi connectivity index (χ2v) is 6.22. The number of carbonyl (C=O) groups excluding carboxylic acids is 1. The second kappa shape index (κ2) is 7.76. The highest BCUT2D eigenvalue weighted by atomic mass is 79.9. The minimum atomic E-state index is 0.0443. The highest BCUT2D eigenvalue weighted by Crippen LogP contribution is 2.16. The van der Waals surface area contributed by atoms with Crippen molar-refractivity contribution < 1.29 is 4.79 Å². The average molecular weight is 340 g/mol. The van der Waals surface area contributed by atoms with Gasteiger partial charge in [-0.2, -0.15) is 0 Å². The van der Waals surface area contributed by atoms with Crippen LogP contribution in [0, 0.1) is 0 Å². The first-order chi connectivity index (χ1) is 9.65. The Kier molecular flexibility index (Phi) is 6.01. The highest BCUT2D eigenvalue weighted by Gasteiger charge is 2.18. The SMILES string of the molecule is CN(CC(=O)Nc1cccc(Br)c1)C1CCCNCC1. The summed E-state index contributed by atoms with van der Waals surface area (Å²) in [7, 11) is 2.04. The van der Waals surface area contributed by atoms with E-state index >= 15 is 0 Å². The molecule has 1 fully saturated rings. The van der Waals surface area contributed by atoms with Crippen molar-refractivity contribution in [3.8, 4) is 0 Å². The van der Waals surface area contributed by atoms with Crippen molar-refractivity contribution in [1.82, 2.24) is 10.2 Å². The third-order valence-electron chi connectivity index (χ3n) is 3.67. The van der Waals surface area contributed by atoms with Crippen molar-refractivity contribution in [1.29, 1.82) is 0 Å². The smallest absolute Gasteiger partial charge is 0.238 e. The number of likely N-dealkylation sites (N-methyl/N-ethyl adjacent to an activating group) is 1. The van der Waals surface area contributed by atoms with Crippen molar-refractivity contribution in [3.05, 3.63) is 28.7 Å². The van der Waals surface area contributed by atoms with Gasteiger partial charge >= 0.3 is 0 Å². The molecule has 0 spiro atoms. The molecule has 4 nitrogen and oxygen atoms in total. The minimum Gasteiger partial charge on any atom is -0.325 e. The zero-order valence-corrected chi connectivity index (χ0v) is 13.4. The summed E-state index contributed by atoms with van der Waals surface area (Å²) in [6.07, 6.45) is 3.45. The van der Waals surface area contributed by atoms with E-state index in [9.17, 15) is 4.79 Å². The Bertz CT molecular complexity index is 444. The molecule has 1 heterocycles. The van der Waals surface area contributed by atoms with Gasteiger partial charge < -0.3 is 10.6 Å². The van der Waals surface area contributed by atoms with Crippen LogP contribution in [0.2, 0.25) is 0 Å². The van der Waals surface area contributed by atoms with E-state index in [0.717, 1.165) is 36.1 Å². The fraction of sp³-hybridized carbons (Fsp3) is 0.533. The van der Waals surface area contributed by atoms with Crippen LogP contribution in [0.25, 0.3) is 0 Å². The fourth-order valence-corrected chi connectivity index (χ4v) is 2.96. The topological polar surface area (TPSA) is 44.4 Å². The summed E-state index contributed by atoms with van der Waals surface area (Å²) in [4.78, 5) is 14.2. The van der Waals surface area contributed by atoms with Gasteiger partial charge in [0, 0.05) is 16.2 Å². The van der Waals surface area contributed by atoms with Crippen molar-refractivity contribution in [2.75, 3.05) is 32.0 Å². The molecule has 110 valence electrons. The Morgan fingerprint density at radius 3 is 3.10 bits per heavy atom. The molecule has 2 rings (SSSR count). The molecule has 1 aromatic rings. The van der Waals surface area contributed by atoms with Gasteiger partial charge in [-0.25, -0.2) is 0 Å². The maximum atomic E-state index is 12.1. The zero-order valence-electron chi connectivity index (χ0n) is 11.9. The van der Waals surface area contributed by atoms with Crippen LogP contribution >= 0.6 is 15.9 Å². The van der Waals surface area contributed by atoms with Gasteiger partial charge in [-0.05, 0) is 57.6 Å². The van der Waals surface area contributed by atoms with Crippen molar-refractivity contribution in [2.45, 2.75) is 25.3 Å². The van der Waals surface area contributed by atoms with Gasteiger partial charge in [0.25, 0.3) is 0 Å². The van der Waals surface area contributed by atoms with Crippen LogP contribution in [0.3, 0.4) is 0 Å². The molecule has 0 radical (unpaired) electrons. The molecule has 5 heteroatoms. The molecule has 2 N–H and O–H groups in total. The van der Waals surface area contributed by atoms with E-state index in [4.69, 9.17) is 0 Å². The Labute approximate surface area is 129 Å². The molecule has 0 saturated carbocycles. The number of amides is 1. The highest BCUT2D eigenvalue weighted by molar-refractivity contribution is 9.10. The molecule has 1 atom stereocenters. The third-order valence-corrected chi connectivity index (χ3v) is 4.16. The van der Waals surface area contributed by atoms with E-state index < -0.39 is 0 Å². The lowest BCUT2D eigenvalue weighted by Crippen LogP contribution is -2.38. The van der Waals surface area contributed by atoms with Gasteiger partial charge in [0.05, 0.1) is 6.54 Å². The van der Waals surface area contributed by atoms with Gasteiger partial charge in [0.1, 0.15) is 0 Å². The molecular weight excluding hydrogens is 318 g/mol. The summed E-state index contributed by atoms with van der Waals surface area (Å²) in [5, 5.41) is 6.34. The molecule has 1 saturated heterocycles. The van der Waals surface area contributed by atoms with E-state index in [1.807, 2.05) is 31.3 Å². The summed E-state index contributed by atoms with van der Waals surface area (Å²) in [6, 6.07) is 8.17. The number of hydrogen-bond acceptors (Lipinski definition) is 3. The number of nitrogens with one attached hydrogen (secondary N) is 2. The summed E-state index contributed by atoms with van der Waals surface area (Å²) < 4.78 is 0.971. The van der Waals surface area contributed by atoms with Gasteiger partial charge in [-0.3, -0.25) is 9.69 Å². The predicted octanol–water partition coefficient (Wildman–Crippen LogP) is 2.46. The molecule has 1 amide bonds. The van der Waals surface area contributed by atoms with E-state index in [-0.39, 0.29) is 5.91 Å². The lowest BCUT2D eigenvalue weighted by molar-refractivity contribution is -0.117. The fourth-order valence-electron chi connectivity index (χ4n) is 2.56. The van der Waals surface area contributed by atoms with Crippen LogP contribution < -0.4 is 10.6 Å². The molecular formula is C15H22BrN3O. The van der Waals surface area contributed by atoms with Gasteiger partial charge in [0.2, 0.25) is 5.91 Å². The standard InChI is InChI=1S/C15H22BrN3O/c1-19(14-6-3-8-17-9-7-14)11-15(20)18-13-5-2-4-12(16)10-13/h2,4-5,10,14,17H,3,6-9,11H2,1H3,(H,18,20). The number of rotatable bonds is 4. The Balaban J connectivity index is 1.84. The number of hydrogen-bond donors (Lipinski definition) is 2. The largest absolute Gasteiger partial charge is 0.325 e. The molecule has 1 unspecified atom stereocenters. The summed E-state index contributed by atoms with van der Waals surface area (Å²) in [5.41, 5.74) is 0.834. The molecule has 0 aromatic heterocycles. The predicted molar refractivity (Wildman–Crippen MR) is 85.9 cm³/mol. The Morgan fingerprint density at radius 1 is 1.45 bits per heavy atom. The second-order valence-electron chi connectivity index (χ2n) is 5.31. The lowest BCUT2D eigenvalue weighted by Gasteiger charge is -2.26. The molecule has 1 aromatic carbocycles. The van der Waals surface area contributed by atoms with Crippen LogP contribution in [0.15, 0.2) is 28.7 Å². The maximum absolute atomic E-state index is 12.1. The number of carbonyl (C=O) groups is 1. The number of benzene rings is 1. The first kappa shape index (κ1) is 15.5. The monoisotopic (exact) mass is 339 g/mol. The molecule has 1 aliphatic rings. The van der Waals surface area contributed by atoms with Gasteiger partial charge in [0.15, 0.2) is 0 Å². The molecule has 1 aliphatic heterocycles. The van der Waals surface area contributed by atoms with Crippen molar-refractivity contribution in [3.63, 3.8) is 0 Å². The Hall–Kier alpha value is -0.910. The third kappa shape index (κ3) is 4.89. The molecule has 20 heavy (non-hydrogen) atoms. The molecule has 0 bridgehead atoms. The first-order valence-corrected chi connectivity index (χ1v) is 7.91. The van der Waals surface area contributed by atoms with E-state index in [2.05, 4.69) is 31.5 Å². The van der Waals surface area contributed by atoms with Crippen molar-refractivity contribution >= 4 is 27.5 Å². The maximum Gasteiger partial charge on any atom is 0.238 e. The van der Waals surface area contributed by atoms with Crippen molar-refractivity contribution in [2.24, 2.45) is 0 Å². The summed E-state index contributed by atoms with van der Waals surface area (Å²) in [6.45, 7) is 2.58. The van der Waals surface area contributed by atoms with Crippen LogP contribution in [-0.4, -0.2) is 43.5 Å². The molecule has 0 aliphatic carbocycles. The average Bonchev–Trinajstić information content (AvgIpc) is 2.67. The Morgan fingerprint density at radius 2 is 2.30 bits per heavy atom. The zero-order chi connectivity index (χ0) is 14.4. The van der Waals surface area contributed by atoms with E-state index in [1.165, 1.54) is 6.42 Å². The summed E-state index contributed by atoms with van der Waals surface area (Å²) in [5.74, 6) is 0.0443. The minimum absolute atomic E-state index is 0.0443. The van der Waals surface area contributed by atoms with E-state index in [1.54, 1.807) is 0 Å². The quantitative estimate of drug-likeness (QED) is 0.885. The summed E-state index contributed by atoms with van der Waals surface area (Å²) >= 11 is 3.41. The van der Waals surface area contributed by atoms with E-state index in [0.29, 0.717) is 12.6 Å². The number of nitrogens with zero attached hydrogens (tertiary/aromatic N) is 1. The first-order valence-electron chi connectivity index (χ1n) is 7.11. The number of halogens is 1. The van der Waals surface area contributed by atoms with Crippen LogP contribution in [0.5, 0.6) is 0 Å². The van der Waals surface area contributed by atoms with Crippen LogP contribution in [-0.2, 0) is 4.79 Å².